The van der Waals surface area contributed by atoms with Crippen molar-refractivity contribution in [1.82, 2.24) is 20.1 Å². The van der Waals surface area contributed by atoms with E-state index in [0.717, 1.165) is 17.5 Å². The quantitative estimate of drug-likeness (QED) is 0.820. The third kappa shape index (κ3) is 3.99. The van der Waals surface area contributed by atoms with E-state index in [2.05, 4.69) is 15.5 Å². The van der Waals surface area contributed by atoms with Crippen LogP contribution in [0, 0.1) is 5.92 Å². The van der Waals surface area contributed by atoms with Crippen LogP contribution in [0.1, 0.15) is 56.7 Å². The van der Waals surface area contributed by atoms with Gasteiger partial charge in [-0.2, -0.15) is 0 Å². The summed E-state index contributed by atoms with van der Waals surface area (Å²) in [7, 11) is 2.00. The summed E-state index contributed by atoms with van der Waals surface area (Å²) in [6, 6.07) is 0. The highest BCUT2D eigenvalue weighted by Crippen LogP contribution is 2.39. The molecule has 0 unspecified atom stereocenters. The van der Waals surface area contributed by atoms with Crippen molar-refractivity contribution in [3.63, 3.8) is 0 Å². The monoisotopic (exact) mass is 308 g/mol. The molecule has 0 aromatic carbocycles. The van der Waals surface area contributed by atoms with Crippen molar-refractivity contribution >= 4 is 17.7 Å². The minimum atomic E-state index is 0.113. The zero-order chi connectivity index (χ0) is 14.7. The predicted molar refractivity (Wildman–Crippen MR) is 83.3 cm³/mol. The molecule has 2 fully saturated rings. The summed E-state index contributed by atoms with van der Waals surface area (Å²) in [6.07, 6.45) is 8.96. The molecule has 21 heavy (non-hydrogen) atoms. The first-order valence-electron chi connectivity index (χ1n) is 8.03. The standard InChI is InChI=1S/C15H24N4OS/c1-19-14(12-7-8-12)17-18-15(19)21-10-13(20)16-9-11-5-3-2-4-6-11/h11-12H,2-10H2,1H3,(H,16,20). The number of rotatable bonds is 6. The van der Waals surface area contributed by atoms with E-state index in [4.69, 9.17) is 0 Å². The van der Waals surface area contributed by atoms with E-state index in [0.29, 0.717) is 17.6 Å². The first kappa shape index (κ1) is 14.9. The summed E-state index contributed by atoms with van der Waals surface area (Å²) >= 11 is 1.49. The molecule has 116 valence electrons. The van der Waals surface area contributed by atoms with E-state index in [-0.39, 0.29) is 5.91 Å². The van der Waals surface area contributed by atoms with Crippen molar-refractivity contribution in [3.05, 3.63) is 5.82 Å². The highest BCUT2D eigenvalue weighted by Gasteiger charge is 2.29. The van der Waals surface area contributed by atoms with Gasteiger partial charge in [-0.1, -0.05) is 31.0 Å². The Hall–Kier alpha value is -1.04. The Labute approximate surface area is 130 Å². The normalized spacial score (nSPS) is 19.7. The lowest BCUT2D eigenvalue weighted by molar-refractivity contribution is -0.118. The van der Waals surface area contributed by atoms with E-state index < -0.39 is 0 Å². The third-order valence-electron chi connectivity index (χ3n) is 4.46. The zero-order valence-corrected chi connectivity index (χ0v) is 13.5. The molecule has 2 aliphatic rings. The molecule has 0 bridgehead atoms. The van der Waals surface area contributed by atoms with Gasteiger partial charge in [-0.25, -0.2) is 0 Å². The van der Waals surface area contributed by atoms with Gasteiger partial charge in [-0.05, 0) is 31.6 Å². The fraction of sp³-hybridized carbons (Fsp3) is 0.800. The number of nitrogens with one attached hydrogen (secondary N) is 1. The number of hydrogen-bond donors (Lipinski definition) is 1. The Balaban J connectivity index is 1.40. The Morgan fingerprint density at radius 1 is 1.24 bits per heavy atom. The zero-order valence-electron chi connectivity index (χ0n) is 12.7. The summed E-state index contributed by atoms with van der Waals surface area (Å²) in [5.74, 6) is 2.89. The largest absolute Gasteiger partial charge is 0.355 e. The lowest BCUT2D eigenvalue weighted by Gasteiger charge is -2.21. The van der Waals surface area contributed by atoms with Crippen LogP contribution in [0.25, 0.3) is 0 Å². The Kier molecular flexibility index (Phi) is 4.83. The van der Waals surface area contributed by atoms with Gasteiger partial charge in [0.2, 0.25) is 5.91 Å². The first-order chi connectivity index (χ1) is 10.2. The lowest BCUT2D eigenvalue weighted by atomic mass is 9.89. The van der Waals surface area contributed by atoms with Gasteiger partial charge < -0.3 is 9.88 Å². The molecule has 3 rings (SSSR count). The van der Waals surface area contributed by atoms with E-state index in [9.17, 15) is 4.79 Å². The number of thioether (sulfide) groups is 1. The average molecular weight is 308 g/mol. The van der Waals surface area contributed by atoms with Crippen LogP contribution in [-0.4, -0.2) is 33.0 Å². The Morgan fingerprint density at radius 2 is 2.00 bits per heavy atom. The van der Waals surface area contributed by atoms with Crippen molar-refractivity contribution in [2.24, 2.45) is 13.0 Å². The fourth-order valence-corrected chi connectivity index (χ4v) is 3.73. The molecule has 2 aliphatic carbocycles. The van der Waals surface area contributed by atoms with E-state index in [1.165, 1.54) is 56.7 Å². The number of aromatic nitrogens is 3. The smallest absolute Gasteiger partial charge is 0.230 e. The molecule has 0 radical (unpaired) electrons. The molecule has 2 saturated carbocycles. The van der Waals surface area contributed by atoms with Crippen LogP contribution in [0.4, 0.5) is 0 Å². The SMILES string of the molecule is Cn1c(SCC(=O)NCC2CCCCC2)nnc1C1CC1. The summed E-state index contributed by atoms with van der Waals surface area (Å²) in [6.45, 7) is 0.839. The number of hydrogen-bond acceptors (Lipinski definition) is 4. The second kappa shape index (κ2) is 6.81. The molecule has 1 heterocycles. The maximum absolute atomic E-state index is 11.9. The van der Waals surface area contributed by atoms with E-state index in [1.807, 2.05) is 11.6 Å². The van der Waals surface area contributed by atoms with Gasteiger partial charge in [0.1, 0.15) is 5.82 Å². The fourth-order valence-electron chi connectivity index (χ4n) is 2.98. The molecule has 1 N–H and O–H groups in total. The van der Waals surface area contributed by atoms with Gasteiger partial charge in [-0.3, -0.25) is 4.79 Å². The van der Waals surface area contributed by atoms with Gasteiger partial charge >= 0.3 is 0 Å². The molecule has 0 atom stereocenters. The van der Waals surface area contributed by atoms with Crippen LogP contribution in [0.5, 0.6) is 0 Å². The van der Waals surface area contributed by atoms with Gasteiger partial charge in [0.15, 0.2) is 5.16 Å². The molecule has 5 nitrogen and oxygen atoms in total. The second-order valence-electron chi connectivity index (χ2n) is 6.27. The van der Waals surface area contributed by atoms with Crippen LogP contribution in [0.2, 0.25) is 0 Å². The van der Waals surface area contributed by atoms with Gasteiger partial charge in [0, 0.05) is 19.5 Å². The van der Waals surface area contributed by atoms with Crippen molar-refractivity contribution in [2.45, 2.75) is 56.0 Å². The van der Waals surface area contributed by atoms with E-state index in [1.54, 1.807) is 0 Å². The number of carbonyl (C=O) groups excluding carboxylic acids is 1. The summed E-state index contributed by atoms with van der Waals surface area (Å²) in [4.78, 5) is 11.9. The summed E-state index contributed by atoms with van der Waals surface area (Å²) < 4.78 is 2.04. The molecular formula is C15H24N4OS. The van der Waals surface area contributed by atoms with E-state index >= 15 is 0 Å². The molecule has 0 spiro atoms. The maximum Gasteiger partial charge on any atom is 0.230 e. The third-order valence-corrected chi connectivity index (χ3v) is 5.48. The molecule has 1 aromatic heterocycles. The minimum absolute atomic E-state index is 0.113. The lowest BCUT2D eigenvalue weighted by Crippen LogP contribution is -2.31. The molecule has 0 aliphatic heterocycles. The van der Waals surface area contributed by atoms with Gasteiger partial charge in [0.05, 0.1) is 5.75 Å². The van der Waals surface area contributed by atoms with Crippen LogP contribution in [0.3, 0.4) is 0 Å². The average Bonchev–Trinajstić information content (AvgIpc) is 3.28. The first-order valence-corrected chi connectivity index (χ1v) is 9.01. The Bertz CT molecular complexity index is 492. The summed E-state index contributed by atoms with van der Waals surface area (Å²) in [5.41, 5.74) is 0. The number of amides is 1. The Morgan fingerprint density at radius 3 is 2.71 bits per heavy atom. The van der Waals surface area contributed by atoms with Crippen molar-refractivity contribution in [2.75, 3.05) is 12.3 Å². The van der Waals surface area contributed by atoms with Crippen LogP contribution in [-0.2, 0) is 11.8 Å². The van der Waals surface area contributed by atoms with Crippen LogP contribution in [0.15, 0.2) is 5.16 Å². The molecule has 1 aromatic rings. The van der Waals surface area contributed by atoms with Crippen LogP contribution < -0.4 is 5.32 Å². The van der Waals surface area contributed by atoms with Crippen molar-refractivity contribution in [3.8, 4) is 0 Å². The van der Waals surface area contributed by atoms with Gasteiger partial charge in [-0.15, -0.1) is 10.2 Å². The van der Waals surface area contributed by atoms with Crippen LogP contribution >= 0.6 is 11.8 Å². The second-order valence-corrected chi connectivity index (χ2v) is 7.21. The van der Waals surface area contributed by atoms with Gasteiger partial charge in [0.25, 0.3) is 0 Å². The molecule has 1 amide bonds. The summed E-state index contributed by atoms with van der Waals surface area (Å²) in [5, 5.41) is 12.3. The minimum Gasteiger partial charge on any atom is -0.355 e. The van der Waals surface area contributed by atoms with Crippen molar-refractivity contribution < 1.29 is 4.79 Å². The number of nitrogens with zero attached hydrogens (tertiary/aromatic N) is 3. The molecular weight excluding hydrogens is 284 g/mol. The topological polar surface area (TPSA) is 59.8 Å². The highest BCUT2D eigenvalue weighted by atomic mass is 32.2. The predicted octanol–water partition coefficient (Wildman–Crippen LogP) is 2.48. The van der Waals surface area contributed by atoms with Crippen molar-refractivity contribution in [1.29, 1.82) is 0 Å². The maximum atomic E-state index is 11.9. The highest BCUT2D eigenvalue weighted by molar-refractivity contribution is 7.99. The molecule has 0 saturated heterocycles. The number of carbonyl (C=O) groups is 1. The molecule has 6 heteroatoms.